The fourth-order valence-corrected chi connectivity index (χ4v) is 4.62. The molecule has 1 amide bonds. The van der Waals surface area contributed by atoms with Gasteiger partial charge < -0.3 is 14.8 Å². The van der Waals surface area contributed by atoms with Crippen molar-refractivity contribution in [2.75, 3.05) is 24.8 Å². The molecule has 174 valence electrons. The summed E-state index contributed by atoms with van der Waals surface area (Å²) in [6.45, 7) is 3.40. The highest BCUT2D eigenvalue weighted by Gasteiger charge is 2.35. The van der Waals surface area contributed by atoms with Gasteiger partial charge in [0, 0.05) is 17.7 Å². The van der Waals surface area contributed by atoms with Crippen molar-refractivity contribution in [1.29, 1.82) is 0 Å². The Morgan fingerprint density at radius 2 is 1.78 bits per heavy atom. The number of nitrogens with one attached hydrogen (secondary N) is 1. The van der Waals surface area contributed by atoms with Crippen molar-refractivity contribution in [1.82, 2.24) is 5.32 Å². The zero-order valence-electron chi connectivity index (χ0n) is 18.6. The molecule has 2 aromatic carbocycles. The first-order valence-corrected chi connectivity index (χ1v) is 11.6. The number of carbonyl (C=O) groups excluding carboxylic acids is 1. The van der Waals surface area contributed by atoms with Gasteiger partial charge >= 0.3 is 0 Å². The van der Waals surface area contributed by atoms with Crippen molar-refractivity contribution in [3.63, 3.8) is 0 Å². The van der Waals surface area contributed by atoms with Crippen molar-refractivity contribution >= 4 is 27.3 Å². The van der Waals surface area contributed by atoms with Crippen LogP contribution in [0.1, 0.15) is 31.9 Å². The molecule has 2 atom stereocenters. The van der Waals surface area contributed by atoms with Gasteiger partial charge in [-0.1, -0.05) is 25.1 Å². The van der Waals surface area contributed by atoms with E-state index in [1.165, 1.54) is 26.4 Å². The van der Waals surface area contributed by atoms with Gasteiger partial charge in [0.2, 0.25) is 15.9 Å². The number of nitro groups is 1. The third-order valence-corrected chi connectivity index (χ3v) is 6.07. The second-order valence-corrected chi connectivity index (χ2v) is 8.93. The van der Waals surface area contributed by atoms with Gasteiger partial charge in [0.15, 0.2) is 0 Å². The number of anilines is 1. The lowest BCUT2D eigenvalue weighted by Gasteiger charge is -2.32. The lowest BCUT2D eigenvalue weighted by molar-refractivity contribution is -0.384. The molecule has 0 spiro atoms. The molecule has 0 aliphatic rings. The number of sulfonamides is 1. The van der Waals surface area contributed by atoms with E-state index in [0.29, 0.717) is 5.75 Å². The van der Waals surface area contributed by atoms with Gasteiger partial charge in [-0.2, -0.15) is 0 Å². The standard InChI is InChI=1S/C21H27N3O7S/c1-6-17(21(25)22-14(2)16-9-7-8-10-19(16)30-3)23(32(5,28)29)18-13-15(24(26)27)11-12-20(18)31-4/h7-14,17H,6H2,1-5H3,(H,22,25)/t14-,17-/m1/s1. The Bertz CT molecular complexity index is 1090. The van der Waals surface area contributed by atoms with E-state index in [1.54, 1.807) is 38.1 Å². The number of hydrogen-bond acceptors (Lipinski definition) is 7. The summed E-state index contributed by atoms with van der Waals surface area (Å²) >= 11 is 0. The van der Waals surface area contributed by atoms with Gasteiger partial charge in [0.25, 0.3) is 5.69 Å². The van der Waals surface area contributed by atoms with Crippen molar-refractivity contribution in [3.05, 3.63) is 58.1 Å². The molecule has 11 heteroatoms. The molecular weight excluding hydrogens is 438 g/mol. The molecule has 0 unspecified atom stereocenters. The molecule has 0 radical (unpaired) electrons. The summed E-state index contributed by atoms with van der Waals surface area (Å²) in [7, 11) is -1.19. The van der Waals surface area contributed by atoms with Crippen LogP contribution in [0, 0.1) is 10.1 Å². The number of nitro benzene ring substituents is 1. The highest BCUT2D eigenvalue weighted by Crippen LogP contribution is 2.36. The van der Waals surface area contributed by atoms with Crippen LogP contribution < -0.4 is 19.1 Å². The Morgan fingerprint density at radius 3 is 2.31 bits per heavy atom. The van der Waals surface area contributed by atoms with Crippen LogP contribution in [0.25, 0.3) is 0 Å². The average Bonchev–Trinajstić information content (AvgIpc) is 2.75. The van der Waals surface area contributed by atoms with Crippen LogP contribution in [0.4, 0.5) is 11.4 Å². The molecule has 0 bridgehead atoms. The molecular formula is C21H27N3O7S. The Labute approximate surface area is 187 Å². The molecule has 1 N–H and O–H groups in total. The quantitative estimate of drug-likeness (QED) is 0.422. The normalized spacial score (nSPS) is 13.0. The Hall–Kier alpha value is -3.34. The van der Waals surface area contributed by atoms with Crippen molar-refractivity contribution in [3.8, 4) is 11.5 Å². The number of nitrogens with zero attached hydrogens (tertiary/aromatic N) is 2. The van der Waals surface area contributed by atoms with Crippen LogP contribution in [-0.2, 0) is 14.8 Å². The third-order valence-electron chi connectivity index (χ3n) is 4.90. The van der Waals surface area contributed by atoms with Gasteiger partial charge in [-0.3, -0.25) is 19.2 Å². The number of para-hydroxylation sites is 1. The van der Waals surface area contributed by atoms with Crippen molar-refractivity contribution in [2.45, 2.75) is 32.4 Å². The van der Waals surface area contributed by atoms with E-state index in [4.69, 9.17) is 9.47 Å². The maximum Gasteiger partial charge on any atom is 0.271 e. The molecule has 2 rings (SSSR count). The number of benzene rings is 2. The average molecular weight is 466 g/mol. The maximum atomic E-state index is 13.2. The minimum Gasteiger partial charge on any atom is -0.496 e. The summed E-state index contributed by atoms with van der Waals surface area (Å²) in [5, 5.41) is 14.1. The summed E-state index contributed by atoms with van der Waals surface area (Å²) in [6, 6.07) is 9.08. The monoisotopic (exact) mass is 465 g/mol. The first-order chi connectivity index (χ1) is 15.0. The number of amides is 1. The lowest BCUT2D eigenvalue weighted by Crippen LogP contribution is -2.49. The van der Waals surface area contributed by atoms with Crippen molar-refractivity contribution in [2.24, 2.45) is 0 Å². The molecule has 0 saturated carbocycles. The molecule has 0 aliphatic carbocycles. The number of methoxy groups -OCH3 is 2. The van der Waals surface area contributed by atoms with E-state index in [-0.39, 0.29) is 23.5 Å². The maximum absolute atomic E-state index is 13.2. The van der Waals surface area contributed by atoms with E-state index < -0.39 is 32.9 Å². The predicted molar refractivity (Wildman–Crippen MR) is 121 cm³/mol. The molecule has 0 aromatic heterocycles. The number of ether oxygens (including phenoxy) is 2. The minimum absolute atomic E-state index is 0.0869. The topological polar surface area (TPSA) is 128 Å². The van der Waals surface area contributed by atoms with Crippen LogP contribution >= 0.6 is 0 Å². The zero-order chi connectivity index (χ0) is 24.1. The first-order valence-electron chi connectivity index (χ1n) is 9.80. The summed E-state index contributed by atoms with van der Waals surface area (Å²) in [5.41, 5.74) is 0.306. The van der Waals surface area contributed by atoms with Crippen LogP contribution in [0.5, 0.6) is 11.5 Å². The van der Waals surface area contributed by atoms with Crippen LogP contribution in [0.2, 0.25) is 0 Å². The minimum atomic E-state index is -4.02. The molecule has 10 nitrogen and oxygen atoms in total. The van der Waals surface area contributed by atoms with Gasteiger partial charge in [0.1, 0.15) is 23.2 Å². The number of carbonyl (C=O) groups is 1. The molecule has 0 fully saturated rings. The molecule has 2 aromatic rings. The summed E-state index contributed by atoms with van der Waals surface area (Å²) < 4.78 is 36.9. The van der Waals surface area contributed by atoms with E-state index in [0.717, 1.165) is 22.2 Å². The number of rotatable bonds is 10. The van der Waals surface area contributed by atoms with Gasteiger partial charge in [0.05, 0.1) is 31.4 Å². The second kappa shape index (κ2) is 10.3. The number of hydrogen-bond donors (Lipinski definition) is 1. The first kappa shape index (κ1) is 24.9. The molecule has 0 heterocycles. The Balaban J connectivity index is 2.49. The van der Waals surface area contributed by atoms with Crippen molar-refractivity contribution < 1.29 is 27.6 Å². The molecule has 0 aliphatic heterocycles. The Morgan fingerprint density at radius 1 is 1.16 bits per heavy atom. The molecule has 0 saturated heterocycles. The van der Waals surface area contributed by atoms with Gasteiger partial charge in [-0.15, -0.1) is 0 Å². The SMILES string of the molecule is CC[C@H](C(=O)N[C@H](C)c1ccccc1OC)N(c1cc([N+](=O)[O-])ccc1OC)S(C)(=O)=O. The van der Waals surface area contributed by atoms with E-state index in [1.807, 2.05) is 0 Å². The highest BCUT2D eigenvalue weighted by atomic mass is 32.2. The largest absolute Gasteiger partial charge is 0.496 e. The third kappa shape index (κ3) is 5.47. The second-order valence-electron chi connectivity index (χ2n) is 7.07. The summed E-state index contributed by atoms with van der Waals surface area (Å²) in [6.07, 6.45) is 1.05. The van der Waals surface area contributed by atoms with E-state index in [9.17, 15) is 23.3 Å². The highest BCUT2D eigenvalue weighted by molar-refractivity contribution is 7.92. The van der Waals surface area contributed by atoms with Gasteiger partial charge in [-0.05, 0) is 25.5 Å². The fraction of sp³-hybridized carbons (Fsp3) is 0.381. The lowest BCUT2D eigenvalue weighted by atomic mass is 10.1. The Kier molecular flexibility index (Phi) is 8.03. The zero-order valence-corrected chi connectivity index (χ0v) is 19.4. The fourth-order valence-electron chi connectivity index (χ4n) is 3.41. The smallest absolute Gasteiger partial charge is 0.271 e. The summed E-state index contributed by atoms with van der Waals surface area (Å²) in [4.78, 5) is 23.8. The van der Waals surface area contributed by atoms with Crippen LogP contribution in [0.15, 0.2) is 42.5 Å². The van der Waals surface area contributed by atoms with E-state index >= 15 is 0 Å². The number of non-ortho nitro benzene ring substituents is 1. The van der Waals surface area contributed by atoms with Gasteiger partial charge in [-0.25, -0.2) is 8.42 Å². The van der Waals surface area contributed by atoms with Crippen LogP contribution in [-0.4, -0.2) is 45.8 Å². The predicted octanol–water partition coefficient (Wildman–Crippen LogP) is 3.03. The summed E-state index contributed by atoms with van der Waals surface area (Å²) in [5.74, 6) is 0.101. The molecule has 32 heavy (non-hydrogen) atoms. The van der Waals surface area contributed by atoms with Crippen LogP contribution in [0.3, 0.4) is 0 Å². The van der Waals surface area contributed by atoms with E-state index in [2.05, 4.69) is 5.32 Å².